The molecule has 1 aromatic carbocycles. The quantitative estimate of drug-likeness (QED) is 0.188. The molecule has 0 radical (unpaired) electrons. The van der Waals surface area contributed by atoms with Crippen molar-refractivity contribution in [3.63, 3.8) is 0 Å². The van der Waals surface area contributed by atoms with Gasteiger partial charge in [0.25, 0.3) is 0 Å². The molecule has 4 rings (SSSR count). The van der Waals surface area contributed by atoms with Gasteiger partial charge in [-0.1, -0.05) is 64.9 Å². The largest absolute Gasteiger partial charge is 0.508 e. The van der Waals surface area contributed by atoms with Crippen molar-refractivity contribution in [3.05, 3.63) is 29.3 Å². The van der Waals surface area contributed by atoms with E-state index in [0.717, 1.165) is 69.2 Å². The number of carbonyl (C=O) groups is 1. The number of benzene rings is 1. The number of carbonyl (C=O) groups excluding carboxylic acids is 1. The van der Waals surface area contributed by atoms with Crippen LogP contribution in [0.5, 0.6) is 5.75 Å². The van der Waals surface area contributed by atoms with Gasteiger partial charge >= 0.3 is 0 Å². The maximum Gasteiger partial charge on any atom is 0.222 e. The summed E-state index contributed by atoms with van der Waals surface area (Å²) in [4.78, 5) is 14.0. The van der Waals surface area contributed by atoms with Crippen molar-refractivity contribution in [2.24, 2.45) is 17.3 Å². The standard InChI is InChI=1S/C34H55NO4S/c1-4-5-21-35(3)30(38)14-12-10-8-6-7-9-11-13-22-40-33-31-26(19-20-34(2)28(31)17-18-29(34)37)25-16-15-24(36)23-27(25)32(33)39/h15-16,23,26,28-29,31-33,36-37,39H,4-14,17-22H2,1-3H3/t26-,28+,29+,31-,32-,33+,34+/m1/s1. The first-order chi connectivity index (χ1) is 19.3. The normalized spacial score (nSPS) is 30.9. The Morgan fingerprint density at radius 2 is 1.68 bits per heavy atom. The molecular formula is C34H55NO4S. The van der Waals surface area contributed by atoms with Crippen molar-refractivity contribution >= 4 is 17.7 Å². The van der Waals surface area contributed by atoms with Crippen molar-refractivity contribution in [2.75, 3.05) is 19.3 Å². The molecule has 0 aliphatic heterocycles. The van der Waals surface area contributed by atoms with Gasteiger partial charge in [-0.2, -0.15) is 11.8 Å². The summed E-state index contributed by atoms with van der Waals surface area (Å²) in [6, 6.07) is 5.62. The molecule has 3 N–H and O–H groups in total. The summed E-state index contributed by atoms with van der Waals surface area (Å²) in [5.41, 5.74) is 2.12. The molecule has 6 heteroatoms. The number of thioether (sulfide) groups is 1. The Kier molecular flexibility index (Phi) is 11.7. The van der Waals surface area contributed by atoms with E-state index in [9.17, 15) is 20.1 Å². The van der Waals surface area contributed by atoms with Crippen molar-refractivity contribution in [1.82, 2.24) is 4.90 Å². The number of aliphatic hydroxyl groups excluding tert-OH is 2. The highest BCUT2D eigenvalue weighted by molar-refractivity contribution is 7.99. The first-order valence-electron chi connectivity index (χ1n) is 16.3. The summed E-state index contributed by atoms with van der Waals surface area (Å²) in [5.74, 6) is 2.82. The number of rotatable bonds is 15. The van der Waals surface area contributed by atoms with Crippen LogP contribution in [0.1, 0.15) is 133 Å². The highest BCUT2D eigenvalue weighted by Gasteiger charge is 2.58. The van der Waals surface area contributed by atoms with E-state index in [1.165, 1.54) is 44.1 Å². The second kappa shape index (κ2) is 14.8. The number of amides is 1. The Labute approximate surface area is 247 Å². The van der Waals surface area contributed by atoms with Crippen LogP contribution in [0, 0.1) is 17.3 Å². The molecule has 0 heterocycles. The highest BCUT2D eigenvalue weighted by Crippen LogP contribution is 2.64. The Morgan fingerprint density at radius 1 is 0.975 bits per heavy atom. The fourth-order valence-corrected chi connectivity index (χ4v) is 9.68. The van der Waals surface area contributed by atoms with Crippen LogP contribution in [-0.4, -0.2) is 56.8 Å². The lowest BCUT2D eigenvalue weighted by Gasteiger charge is -2.54. The van der Waals surface area contributed by atoms with E-state index in [1.807, 2.05) is 29.8 Å². The number of aromatic hydroxyl groups is 1. The Morgan fingerprint density at radius 3 is 2.40 bits per heavy atom. The van der Waals surface area contributed by atoms with Gasteiger partial charge in [-0.3, -0.25) is 4.79 Å². The van der Waals surface area contributed by atoms with Crippen molar-refractivity contribution < 1.29 is 20.1 Å². The van der Waals surface area contributed by atoms with Crippen LogP contribution in [0.2, 0.25) is 0 Å². The first kappa shape index (κ1) is 31.7. The minimum absolute atomic E-state index is 0.0353. The predicted molar refractivity (Wildman–Crippen MR) is 166 cm³/mol. The summed E-state index contributed by atoms with van der Waals surface area (Å²) >= 11 is 1.94. The summed E-state index contributed by atoms with van der Waals surface area (Å²) in [5, 5.41) is 32.8. The molecule has 0 unspecified atom stereocenters. The lowest BCUT2D eigenvalue weighted by Crippen LogP contribution is -2.49. The first-order valence-corrected chi connectivity index (χ1v) is 17.4. The molecule has 2 saturated carbocycles. The van der Waals surface area contributed by atoms with E-state index in [2.05, 4.69) is 13.8 Å². The van der Waals surface area contributed by atoms with Crippen molar-refractivity contribution in [3.8, 4) is 5.75 Å². The van der Waals surface area contributed by atoms with Crippen LogP contribution >= 0.6 is 11.8 Å². The van der Waals surface area contributed by atoms with E-state index in [4.69, 9.17) is 0 Å². The van der Waals surface area contributed by atoms with Gasteiger partial charge in [0.05, 0.1) is 12.2 Å². The molecule has 0 aromatic heterocycles. The van der Waals surface area contributed by atoms with Crippen LogP contribution in [0.15, 0.2) is 18.2 Å². The number of unbranched alkanes of at least 4 members (excludes halogenated alkanes) is 8. The number of hydrogen-bond acceptors (Lipinski definition) is 5. The summed E-state index contributed by atoms with van der Waals surface area (Å²) in [7, 11) is 1.93. The third-order valence-corrected chi connectivity index (χ3v) is 12.1. The summed E-state index contributed by atoms with van der Waals surface area (Å²) < 4.78 is 0. The van der Waals surface area contributed by atoms with Crippen LogP contribution in [0.4, 0.5) is 0 Å². The smallest absolute Gasteiger partial charge is 0.222 e. The fraction of sp³-hybridized carbons (Fsp3) is 0.794. The van der Waals surface area contributed by atoms with Gasteiger partial charge < -0.3 is 20.2 Å². The van der Waals surface area contributed by atoms with Crippen molar-refractivity contribution in [2.45, 2.75) is 134 Å². The zero-order chi connectivity index (χ0) is 28.7. The lowest BCUT2D eigenvalue weighted by molar-refractivity contribution is -0.130. The summed E-state index contributed by atoms with van der Waals surface area (Å²) in [6.45, 7) is 5.33. The maximum absolute atomic E-state index is 12.1. The number of phenols is 1. The van der Waals surface area contributed by atoms with Crippen LogP contribution in [-0.2, 0) is 4.79 Å². The minimum Gasteiger partial charge on any atom is -0.508 e. The predicted octanol–water partition coefficient (Wildman–Crippen LogP) is 7.58. The molecule has 5 nitrogen and oxygen atoms in total. The van der Waals surface area contributed by atoms with E-state index >= 15 is 0 Å². The second-order valence-electron chi connectivity index (χ2n) is 13.3. The van der Waals surface area contributed by atoms with Gasteiger partial charge in [-0.15, -0.1) is 0 Å². The zero-order valence-corrected chi connectivity index (χ0v) is 26.1. The lowest BCUT2D eigenvalue weighted by atomic mass is 9.55. The van der Waals surface area contributed by atoms with Gasteiger partial charge in [-0.05, 0) is 97.1 Å². The van der Waals surface area contributed by atoms with Crippen LogP contribution < -0.4 is 0 Å². The van der Waals surface area contributed by atoms with Crippen LogP contribution in [0.3, 0.4) is 0 Å². The number of fused-ring (bicyclic) bond motifs is 5. The molecule has 2 fully saturated rings. The molecular weight excluding hydrogens is 518 g/mol. The van der Waals surface area contributed by atoms with Gasteiger partial charge in [0.1, 0.15) is 5.75 Å². The van der Waals surface area contributed by atoms with E-state index in [1.54, 1.807) is 12.1 Å². The molecule has 0 bridgehead atoms. The van der Waals surface area contributed by atoms with Crippen LogP contribution in [0.25, 0.3) is 0 Å². The average Bonchev–Trinajstić information content (AvgIpc) is 3.25. The number of phenolic OH excluding ortho intramolecular Hbond substituents is 1. The van der Waals surface area contributed by atoms with E-state index in [-0.39, 0.29) is 22.5 Å². The molecule has 0 spiro atoms. The van der Waals surface area contributed by atoms with Crippen molar-refractivity contribution in [1.29, 1.82) is 0 Å². The molecule has 0 saturated heterocycles. The Bertz CT molecular complexity index is 956. The third-order valence-electron chi connectivity index (χ3n) is 10.6. The summed E-state index contributed by atoms with van der Waals surface area (Å²) in [6.07, 6.45) is 15.7. The molecule has 40 heavy (non-hydrogen) atoms. The fourth-order valence-electron chi connectivity index (χ4n) is 8.10. The van der Waals surface area contributed by atoms with E-state index < -0.39 is 6.10 Å². The maximum atomic E-state index is 12.1. The van der Waals surface area contributed by atoms with Gasteiger partial charge in [0.15, 0.2) is 0 Å². The van der Waals surface area contributed by atoms with E-state index in [0.29, 0.717) is 30.1 Å². The molecule has 7 atom stereocenters. The number of nitrogens with zero attached hydrogens (tertiary/aromatic N) is 1. The monoisotopic (exact) mass is 573 g/mol. The molecule has 1 aromatic rings. The zero-order valence-electron chi connectivity index (χ0n) is 25.3. The number of aliphatic hydroxyl groups is 2. The average molecular weight is 574 g/mol. The SMILES string of the molecule is CCCCN(C)C(=O)CCCCCCCCCCS[C@H]1[C@@H]2[C@H](CC[C@]3(C)[C@@H](O)CC[C@@H]23)c2ccc(O)cc2[C@H]1O. The topological polar surface area (TPSA) is 81.0 Å². The van der Waals surface area contributed by atoms with Gasteiger partial charge in [0.2, 0.25) is 5.91 Å². The second-order valence-corrected chi connectivity index (χ2v) is 14.6. The Balaban J connectivity index is 1.19. The molecule has 1 amide bonds. The minimum atomic E-state index is -0.563. The third kappa shape index (κ3) is 7.21. The molecule has 3 aliphatic carbocycles. The molecule has 3 aliphatic rings. The highest BCUT2D eigenvalue weighted by atomic mass is 32.2. The molecule has 226 valence electrons. The van der Waals surface area contributed by atoms with Gasteiger partial charge in [-0.25, -0.2) is 0 Å². The Hall–Kier alpha value is -1.24. The van der Waals surface area contributed by atoms with Gasteiger partial charge in [0, 0.05) is 25.3 Å². The number of hydrogen-bond donors (Lipinski definition) is 3.